The van der Waals surface area contributed by atoms with Crippen molar-refractivity contribution in [1.29, 1.82) is 0 Å². The average molecular weight is 687 g/mol. The molecule has 4 aromatic rings. The third kappa shape index (κ3) is 6.83. The quantitative estimate of drug-likeness (QED) is 0.0528. The Morgan fingerprint density at radius 1 is 0.854 bits per heavy atom. The molecule has 1 unspecified atom stereocenters. The predicted octanol–water partition coefficient (Wildman–Crippen LogP) is 3.65. The van der Waals surface area contributed by atoms with E-state index in [0.717, 1.165) is 43.6 Å². The topological polar surface area (TPSA) is 256 Å². The number of methoxy groups -OCH3 is 1. The summed E-state index contributed by atoms with van der Waals surface area (Å²) in [5.74, 6) is -14.9. The highest BCUT2D eigenvalue weighted by atomic mass is 35.5. The second-order valence-electron chi connectivity index (χ2n) is 9.87. The number of ether oxygens (including phenoxy) is 1. The van der Waals surface area contributed by atoms with Crippen molar-refractivity contribution in [3.8, 4) is 45.6 Å². The Kier molecular flexibility index (Phi) is 11.0. The number of halogens is 1. The van der Waals surface area contributed by atoms with Gasteiger partial charge in [0, 0.05) is 27.9 Å². The van der Waals surface area contributed by atoms with Crippen LogP contribution >= 0.6 is 11.6 Å². The Labute approximate surface area is 276 Å². The number of nitrogens with one attached hydrogen (secondary N) is 1. The number of carbonyl (C=O) groups excluding carboxylic acids is 2. The van der Waals surface area contributed by atoms with E-state index in [-0.39, 0.29) is 38.7 Å². The van der Waals surface area contributed by atoms with Crippen molar-refractivity contribution in [1.82, 2.24) is 4.57 Å². The standard InChI is InChI=1S/C30H25ClN2O13.C2H6/c1-12(34)16-8-5-14(31)9-17(16)18-10-20(35)33(11-19(18)46-2)27(28(41)32-15-6-3-13(4-7-15)29(42)43)30(44,45)21-22(36)24(38)26(40)25(39)23(21)37;1-2/h3-11,27,36-40,44-45H,1-2H3,(H,32,41)(H,42,43);1-2H3. The van der Waals surface area contributed by atoms with Crippen LogP contribution in [0.15, 0.2) is 59.5 Å². The van der Waals surface area contributed by atoms with E-state index in [9.17, 15) is 54.9 Å². The average Bonchev–Trinajstić information content (AvgIpc) is 3.04. The minimum atomic E-state index is -3.88. The van der Waals surface area contributed by atoms with Gasteiger partial charge in [0.15, 0.2) is 23.3 Å². The van der Waals surface area contributed by atoms with Crippen LogP contribution in [-0.2, 0) is 10.6 Å². The monoisotopic (exact) mass is 686 g/mol. The molecular weight excluding hydrogens is 656 g/mol. The lowest BCUT2D eigenvalue weighted by Crippen LogP contribution is -2.47. The number of carbonyl (C=O) groups is 3. The van der Waals surface area contributed by atoms with E-state index >= 15 is 0 Å². The van der Waals surface area contributed by atoms with Gasteiger partial charge in [-0.25, -0.2) is 4.79 Å². The van der Waals surface area contributed by atoms with E-state index < -0.39 is 69.4 Å². The number of phenols is 5. The normalized spacial score (nSPS) is 11.6. The van der Waals surface area contributed by atoms with Crippen LogP contribution in [0.25, 0.3) is 11.1 Å². The summed E-state index contributed by atoms with van der Waals surface area (Å²) in [5, 5.41) is 85.4. The van der Waals surface area contributed by atoms with Crippen LogP contribution in [-0.4, -0.2) is 70.2 Å². The summed E-state index contributed by atoms with van der Waals surface area (Å²) in [6, 6.07) is 6.96. The third-order valence-corrected chi connectivity index (χ3v) is 7.20. The summed E-state index contributed by atoms with van der Waals surface area (Å²) in [6.45, 7) is 5.26. The second-order valence-corrected chi connectivity index (χ2v) is 10.3. The Hall–Kier alpha value is -5.77. The van der Waals surface area contributed by atoms with Crippen LogP contribution in [0, 0.1) is 0 Å². The zero-order chi connectivity index (χ0) is 36.2. The molecule has 1 amide bonds. The molecule has 0 radical (unpaired) electrons. The number of pyridine rings is 1. The van der Waals surface area contributed by atoms with Crippen LogP contribution in [0.5, 0.6) is 34.5 Å². The fourth-order valence-corrected chi connectivity index (χ4v) is 4.90. The molecule has 0 fully saturated rings. The van der Waals surface area contributed by atoms with Gasteiger partial charge in [0.2, 0.25) is 23.0 Å². The fourth-order valence-electron chi connectivity index (χ4n) is 4.73. The van der Waals surface area contributed by atoms with E-state index in [1.165, 1.54) is 25.1 Å². The van der Waals surface area contributed by atoms with Gasteiger partial charge in [-0.3, -0.25) is 19.0 Å². The minimum absolute atomic E-state index is 0.00744. The summed E-state index contributed by atoms with van der Waals surface area (Å²) < 4.78 is 5.81. The lowest BCUT2D eigenvalue weighted by Gasteiger charge is -2.33. The molecule has 254 valence electrons. The lowest BCUT2D eigenvalue weighted by atomic mass is 9.93. The number of rotatable bonds is 9. The van der Waals surface area contributed by atoms with Gasteiger partial charge in [0.25, 0.3) is 11.5 Å². The number of aliphatic hydroxyl groups is 2. The number of aromatic nitrogens is 1. The number of hydrogen-bond acceptors (Lipinski definition) is 12. The van der Waals surface area contributed by atoms with Crippen LogP contribution < -0.4 is 15.6 Å². The molecule has 9 N–H and O–H groups in total. The molecule has 4 rings (SSSR count). The maximum Gasteiger partial charge on any atom is 0.335 e. The van der Waals surface area contributed by atoms with Crippen molar-refractivity contribution in [2.45, 2.75) is 32.6 Å². The highest BCUT2D eigenvalue weighted by Gasteiger charge is 2.49. The number of ketones is 1. The number of aromatic hydroxyl groups is 5. The van der Waals surface area contributed by atoms with Gasteiger partial charge >= 0.3 is 5.97 Å². The first kappa shape index (κ1) is 36.7. The number of amides is 1. The van der Waals surface area contributed by atoms with Gasteiger partial charge in [-0.2, -0.15) is 0 Å². The largest absolute Gasteiger partial charge is 0.504 e. The molecule has 3 aromatic carbocycles. The summed E-state index contributed by atoms with van der Waals surface area (Å²) in [4.78, 5) is 51.0. The van der Waals surface area contributed by atoms with Crippen molar-refractivity contribution in [2.24, 2.45) is 0 Å². The van der Waals surface area contributed by atoms with Gasteiger partial charge in [-0.1, -0.05) is 25.4 Å². The van der Waals surface area contributed by atoms with Gasteiger partial charge in [-0.05, 0) is 55.0 Å². The number of phenolic OH excluding ortho intramolecular Hbond substituents is 5. The molecule has 0 aliphatic rings. The molecule has 0 saturated heterocycles. The number of hydrogen-bond donors (Lipinski definition) is 9. The molecule has 15 nitrogen and oxygen atoms in total. The van der Waals surface area contributed by atoms with Gasteiger partial charge < -0.3 is 50.9 Å². The summed E-state index contributed by atoms with van der Waals surface area (Å²) in [7, 11) is 1.16. The highest BCUT2D eigenvalue weighted by molar-refractivity contribution is 6.31. The summed E-state index contributed by atoms with van der Waals surface area (Å²) >= 11 is 6.13. The number of Topliss-reactive ketones (excluding diaryl/α,β-unsaturated/α-hetero) is 1. The molecule has 1 aromatic heterocycles. The first-order valence-electron chi connectivity index (χ1n) is 13.9. The molecule has 0 spiro atoms. The SMILES string of the molecule is CC.COc1cn(C(C(=O)Nc2ccc(C(=O)O)cc2)C(O)(O)c2c(O)c(O)c(O)c(O)c2O)c(=O)cc1-c1cc(Cl)ccc1C(C)=O. The van der Waals surface area contributed by atoms with Gasteiger partial charge in [0.1, 0.15) is 11.3 Å². The lowest BCUT2D eigenvalue weighted by molar-refractivity contribution is -0.205. The van der Waals surface area contributed by atoms with E-state index in [1.54, 1.807) is 0 Å². The maximum absolute atomic E-state index is 13.8. The molecular formula is C32H31ClN2O13. The van der Waals surface area contributed by atoms with Crippen LogP contribution in [0.3, 0.4) is 0 Å². The Balaban J connectivity index is 0.00000307. The zero-order valence-corrected chi connectivity index (χ0v) is 26.5. The summed E-state index contributed by atoms with van der Waals surface area (Å²) in [5.41, 5.74) is -2.66. The highest BCUT2D eigenvalue weighted by Crippen LogP contribution is 2.55. The first-order chi connectivity index (χ1) is 22.5. The van der Waals surface area contributed by atoms with Crippen LogP contribution in [0.4, 0.5) is 5.69 Å². The van der Waals surface area contributed by atoms with Crippen LogP contribution in [0.1, 0.15) is 53.1 Å². The molecule has 0 bridgehead atoms. The van der Waals surface area contributed by atoms with Crippen molar-refractivity contribution in [3.05, 3.63) is 86.8 Å². The van der Waals surface area contributed by atoms with Crippen molar-refractivity contribution >= 4 is 34.9 Å². The number of anilines is 1. The molecule has 1 atom stereocenters. The smallest absolute Gasteiger partial charge is 0.335 e. The number of carboxylic acid groups (broad SMARTS) is 1. The minimum Gasteiger partial charge on any atom is -0.504 e. The molecule has 0 aliphatic carbocycles. The second kappa shape index (κ2) is 14.3. The van der Waals surface area contributed by atoms with E-state index in [0.29, 0.717) is 4.57 Å². The van der Waals surface area contributed by atoms with Crippen molar-refractivity contribution in [3.63, 3.8) is 0 Å². The number of aromatic carboxylic acids is 1. The van der Waals surface area contributed by atoms with Crippen molar-refractivity contribution < 1.29 is 60.0 Å². The predicted molar refractivity (Wildman–Crippen MR) is 171 cm³/mol. The number of carboxylic acids is 1. The fraction of sp³-hybridized carbons (Fsp3) is 0.188. The Bertz CT molecular complexity index is 1920. The number of benzene rings is 3. The Morgan fingerprint density at radius 3 is 1.90 bits per heavy atom. The Morgan fingerprint density at radius 2 is 1.40 bits per heavy atom. The van der Waals surface area contributed by atoms with Gasteiger partial charge in [0.05, 0.1) is 18.9 Å². The molecule has 1 heterocycles. The van der Waals surface area contributed by atoms with Crippen molar-refractivity contribution in [2.75, 3.05) is 12.4 Å². The molecule has 16 heteroatoms. The van der Waals surface area contributed by atoms with Crippen LogP contribution in [0.2, 0.25) is 5.02 Å². The first-order valence-corrected chi connectivity index (χ1v) is 14.3. The number of nitrogens with zero attached hydrogens (tertiary/aromatic N) is 1. The molecule has 0 aliphatic heterocycles. The summed E-state index contributed by atoms with van der Waals surface area (Å²) in [6.07, 6.45) is 0.843. The van der Waals surface area contributed by atoms with E-state index in [2.05, 4.69) is 5.32 Å². The maximum atomic E-state index is 13.8. The van der Waals surface area contributed by atoms with Gasteiger partial charge in [-0.15, -0.1) is 0 Å². The zero-order valence-electron chi connectivity index (χ0n) is 25.7. The molecule has 0 saturated carbocycles. The van der Waals surface area contributed by atoms with E-state index in [1.807, 2.05) is 13.8 Å². The van der Waals surface area contributed by atoms with E-state index in [4.69, 9.17) is 21.4 Å². The molecule has 48 heavy (non-hydrogen) atoms. The third-order valence-electron chi connectivity index (χ3n) is 6.96.